The average molecular weight is 469 g/mol. The molecule has 25 heavy (non-hydrogen) atoms. The fourth-order valence-corrected chi connectivity index (χ4v) is 2.20. The first-order valence-corrected chi connectivity index (χ1v) is 7.47. The number of anilines is 1. The molecule has 0 saturated carbocycles. The Morgan fingerprint density at radius 1 is 1.08 bits per heavy atom. The molecule has 0 heterocycles. The van der Waals surface area contributed by atoms with Crippen molar-refractivity contribution in [2.24, 2.45) is 5.10 Å². The van der Waals surface area contributed by atoms with Crippen LogP contribution in [0.2, 0.25) is 0 Å². The van der Waals surface area contributed by atoms with Crippen LogP contribution in [0.5, 0.6) is 0 Å². The fraction of sp³-hybridized carbons (Fsp3) is 0.0667. The highest BCUT2D eigenvalue weighted by molar-refractivity contribution is 14.1. The Hall–Kier alpha value is -2.29. The third kappa shape index (κ3) is 4.22. The van der Waals surface area contributed by atoms with Gasteiger partial charge in [0.25, 0.3) is 0 Å². The zero-order chi connectivity index (χ0) is 18.8. The second kappa shape index (κ2) is 7.30. The van der Waals surface area contributed by atoms with Crippen LogP contribution in [0.1, 0.15) is 11.1 Å². The summed E-state index contributed by atoms with van der Waals surface area (Å²) in [6.07, 6.45) is -5.09. The Morgan fingerprint density at radius 2 is 1.76 bits per heavy atom. The first kappa shape index (κ1) is 19.0. The van der Waals surface area contributed by atoms with Crippen molar-refractivity contribution >= 4 is 34.0 Å². The normalized spacial score (nSPS) is 12.0. The predicted molar refractivity (Wildman–Crippen MR) is 86.4 cm³/mol. The molecular weight excluding hydrogens is 463 g/mol. The van der Waals surface area contributed by atoms with E-state index in [1.165, 1.54) is 28.7 Å². The SMILES string of the molecule is N#Cc1cc(N/N=C(/c2ccc(I)c(F)c2F)C(F)(F)F)ccc1F. The van der Waals surface area contributed by atoms with Crippen molar-refractivity contribution in [2.45, 2.75) is 6.18 Å². The van der Waals surface area contributed by atoms with Crippen LogP contribution in [0.3, 0.4) is 0 Å². The standard InChI is InChI=1S/C15H6F6IN3/c16-10-3-1-8(5-7(10)6-23)24-25-14(15(19,20)21)9-2-4-11(22)13(18)12(9)17/h1-5,24H/b25-14-. The summed E-state index contributed by atoms with van der Waals surface area (Å²) in [7, 11) is 0. The number of rotatable bonds is 3. The Labute approximate surface area is 151 Å². The molecule has 3 nitrogen and oxygen atoms in total. The molecule has 10 heteroatoms. The van der Waals surface area contributed by atoms with Crippen molar-refractivity contribution < 1.29 is 26.3 Å². The lowest BCUT2D eigenvalue weighted by Crippen LogP contribution is -2.27. The molecule has 0 atom stereocenters. The molecule has 0 bridgehead atoms. The molecule has 0 fully saturated rings. The molecule has 2 aromatic rings. The molecule has 0 radical (unpaired) electrons. The summed E-state index contributed by atoms with van der Waals surface area (Å²) < 4.78 is 79.9. The van der Waals surface area contributed by atoms with Gasteiger partial charge < -0.3 is 0 Å². The average Bonchev–Trinajstić information content (AvgIpc) is 2.55. The number of nitrogens with one attached hydrogen (secondary N) is 1. The van der Waals surface area contributed by atoms with Crippen LogP contribution in [-0.2, 0) is 0 Å². The lowest BCUT2D eigenvalue weighted by molar-refractivity contribution is -0.0582. The second-order valence-corrected chi connectivity index (χ2v) is 5.76. The van der Waals surface area contributed by atoms with Gasteiger partial charge in [-0.3, -0.25) is 5.43 Å². The van der Waals surface area contributed by atoms with Crippen molar-refractivity contribution in [3.05, 3.63) is 62.5 Å². The van der Waals surface area contributed by atoms with Crippen LogP contribution in [0.25, 0.3) is 0 Å². The van der Waals surface area contributed by atoms with Gasteiger partial charge in [-0.1, -0.05) is 0 Å². The smallest absolute Gasteiger partial charge is 0.278 e. The van der Waals surface area contributed by atoms with Crippen LogP contribution >= 0.6 is 22.6 Å². The van der Waals surface area contributed by atoms with Crippen LogP contribution in [0.4, 0.5) is 32.0 Å². The van der Waals surface area contributed by atoms with Gasteiger partial charge in [0.15, 0.2) is 17.3 Å². The van der Waals surface area contributed by atoms with Crippen molar-refractivity contribution in [2.75, 3.05) is 5.43 Å². The van der Waals surface area contributed by atoms with Crippen molar-refractivity contribution in [1.29, 1.82) is 5.26 Å². The van der Waals surface area contributed by atoms with Crippen molar-refractivity contribution in [3.8, 4) is 6.07 Å². The van der Waals surface area contributed by atoms with Gasteiger partial charge in [-0.05, 0) is 52.9 Å². The van der Waals surface area contributed by atoms with Gasteiger partial charge in [-0.2, -0.15) is 23.5 Å². The molecule has 0 aliphatic heterocycles. The van der Waals surface area contributed by atoms with E-state index in [1.807, 2.05) is 5.43 Å². The number of halogens is 7. The zero-order valence-electron chi connectivity index (χ0n) is 11.9. The number of nitriles is 1. The first-order valence-electron chi connectivity index (χ1n) is 6.39. The number of nitrogens with zero attached hydrogens (tertiary/aromatic N) is 2. The topological polar surface area (TPSA) is 48.2 Å². The van der Waals surface area contributed by atoms with Gasteiger partial charge in [0.1, 0.15) is 11.9 Å². The molecular formula is C15H6F6IN3. The van der Waals surface area contributed by atoms with E-state index < -0.39 is 40.5 Å². The first-order chi connectivity index (χ1) is 11.6. The summed E-state index contributed by atoms with van der Waals surface area (Å²) in [4.78, 5) is 0. The minimum Gasteiger partial charge on any atom is -0.278 e. The minimum absolute atomic E-state index is 0.133. The van der Waals surface area contributed by atoms with Gasteiger partial charge >= 0.3 is 6.18 Å². The zero-order valence-corrected chi connectivity index (χ0v) is 14.1. The van der Waals surface area contributed by atoms with E-state index in [2.05, 4.69) is 5.10 Å². The Balaban J connectivity index is 2.48. The molecule has 0 aliphatic carbocycles. The highest BCUT2D eigenvalue weighted by atomic mass is 127. The summed E-state index contributed by atoms with van der Waals surface area (Å²) >= 11 is 1.43. The lowest BCUT2D eigenvalue weighted by Gasteiger charge is -2.13. The Morgan fingerprint density at radius 3 is 2.36 bits per heavy atom. The number of hydrogen-bond donors (Lipinski definition) is 1. The second-order valence-electron chi connectivity index (χ2n) is 4.60. The molecule has 1 N–H and O–H groups in total. The third-order valence-corrected chi connectivity index (χ3v) is 3.78. The fourth-order valence-electron chi connectivity index (χ4n) is 1.79. The molecule has 0 aliphatic rings. The highest BCUT2D eigenvalue weighted by Crippen LogP contribution is 2.27. The summed E-state index contributed by atoms with van der Waals surface area (Å²) in [6.45, 7) is 0. The largest absolute Gasteiger partial charge is 0.435 e. The maximum Gasteiger partial charge on any atom is 0.435 e. The van der Waals surface area contributed by atoms with Crippen LogP contribution in [-0.4, -0.2) is 11.9 Å². The van der Waals surface area contributed by atoms with E-state index in [-0.39, 0.29) is 9.26 Å². The molecule has 2 rings (SSSR count). The summed E-state index contributed by atoms with van der Waals surface area (Å²) in [5.41, 5.74) is -1.37. The van der Waals surface area contributed by atoms with Crippen LogP contribution < -0.4 is 5.43 Å². The van der Waals surface area contributed by atoms with Gasteiger partial charge in [0.05, 0.1) is 14.8 Å². The third-order valence-electron chi connectivity index (χ3n) is 2.94. The Bertz CT molecular complexity index is 886. The summed E-state index contributed by atoms with van der Waals surface area (Å²) in [5.74, 6) is -3.98. The van der Waals surface area contributed by atoms with Gasteiger partial charge in [0, 0.05) is 5.56 Å². The molecule has 0 aromatic heterocycles. The van der Waals surface area contributed by atoms with Gasteiger partial charge in [-0.25, -0.2) is 13.2 Å². The van der Waals surface area contributed by atoms with E-state index in [9.17, 15) is 26.3 Å². The predicted octanol–water partition coefficient (Wildman–Crippen LogP) is 4.96. The quantitative estimate of drug-likeness (QED) is 0.227. The molecule has 0 spiro atoms. The Kier molecular flexibility index (Phi) is 5.56. The molecule has 0 unspecified atom stereocenters. The highest BCUT2D eigenvalue weighted by Gasteiger charge is 2.39. The van der Waals surface area contributed by atoms with Crippen LogP contribution in [0.15, 0.2) is 35.4 Å². The maximum atomic E-state index is 13.9. The summed E-state index contributed by atoms with van der Waals surface area (Å²) in [5, 5.41) is 11.8. The molecule has 0 amide bonds. The monoisotopic (exact) mass is 469 g/mol. The number of hydrazone groups is 1. The van der Waals surface area contributed by atoms with E-state index in [1.54, 1.807) is 0 Å². The number of benzene rings is 2. The van der Waals surface area contributed by atoms with Crippen molar-refractivity contribution in [3.63, 3.8) is 0 Å². The van der Waals surface area contributed by atoms with E-state index in [0.29, 0.717) is 0 Å². The minimum atomic E-state index is -5.09. The maximum absolute atomic E-state index is 13.9. The lowest BCUT2D eigenvalue weighted by atomic mass is 10.1. The van der Waals surface area contributed by atoms with E-state index in [0.717, 1.165) is 30.3 Å². The van der Waals surface area contributed by atoms with Gasteiger partial charge in [-0.15, -0.1) is 0 Å². The van der Waals surface area contributed by atoms with Gasteiger partial charge in [0.2, 0.25) is 0 Å². The van der Waals surface area contributed by atoms with Crippen molar-refractivity contribution in [1.82, 2.24) is 0 Å². The number of alkyl halides is 3. The summed E-state index contributed by atoms with van der Waals surface area (Å²) in [6, 6.07) is 6.06. The molecule has 130 valence electrons. The molecule has 2 aromatic carbocycles. The van der Waals surface area contributed by atoms with E-state index in [4.69, 9.17) is 5.26 Å². The number of hydrogen-bond acceptors (Lipinski definition) is 3. The molecule has 0 saturated heterocycles. The van der Waals surface area contributed by atoms with E-state index >= 15 is 0 Å². The van der Waals surface area contributed by atoms with Crippen LogP contribution in [0, 0.1) is 32.4 Å².